The molecule has 0 aliphatic carbocycles. The van der Waals surface area contributed by atoms with E-state index in [4.69, 9.17) is 9.84 Å². The second-order valence-electron chi connectivity index (χ2n) is 3.83. The molecule has 0 unspecified atom stereocenters. The first kappa shape index (κ1) is 13.0. The molecule has 1 aromatic rings. The van der Waals surface area contributed by atoms with Crippen LogP contribution in [0.1, 0.15) is 25.0 Å². The molecule has 0 saturated heterocycles. The van der Waals surface area contributed by atoms with Crippen molar-refractivity contribution >= 4 is 18.1 Å². The first-order valence-corrected chi connectivity index (χ1v) is 5.37. The van der Waals surface area contributed by atoms with E-state index in [-0.39, 0.29) is 6.10 Å². The summed E-state index contributed by atoms with van der Waals surface area (Å²) in [5, 5.41) is 8.57. The number of ether oxygens (including phenoxy) is 1. The van der Waals surface area contributed by atoms with E-state index in [1.54, 1.807) is 12.2 Å². The average molecular weight is 232 g/mol. The quantitative estimate of drug-likeness (QED) is 0.793. The molecule has 0 atom stereocenters. The number of rotatable bonds is 5. The third kappa shape index (κ3) is 4.15. The van der Waals surface area contributed by atoms with Crippen LogP contribution in [0.3, 0.4) is 0 Å². The van der Waals surface area contributed by atoms with E-state index in [9.17, 15) is 4.79 Å². The molecule has 0 heterocycles. The lowest BCUT2D eigenvalue weighted by molar-refractivity contribution is -0.131. The minimum absolute atomic E-state index is 0.105. The zero-order chi connectivity index (χ0) is 12.8. The normalized spacial score (nSPS) is 10.8. The Morgan fingerprint density at radius 1 is 1.41 bits per heavy atom. The highest BCUT2D eigenvalue weighted by Crippen LogP contribution is 2.21. The lowest BCUT2D eigenvalue weighted by Gasteiger charge is -2.11. The highest BCUT2D eigenvalue weighted by atomic mass is 16.5. The van der Waals surface area contributed by atoms with E-state index in [1.807, 2.05) is 32.0 Å². The molecule has 0 amide bonds. The fourth-order valence-corrected chi connectivity index (χ4v) is 1.39. The van der Waals surface area contributed by atoms with Gasteiger partial charge in [0.1, 0.15) is 5.75 Å². The summed E-state index contributed by atoms with van der Waals surface area (Å²) < 4.78 is 5.55. The Hall–Kier alpha value is -2.03. The minimum atomic E-state index is -0.970. The monoisotopic (exact) mass is 232 g/mol. The van der Waals surface area contributed by atoms with Gasteiger partial charge in [-0.2, -0.15) is 0 Å². The summed E-state index contributed by atoms with van der Waals surface area (Å²) in [5.41, 5.74) is 1.65. The topological polar surface area (TPSA) is 46.5 Å². The number of carbonyl (C=O) groups is 1. The number of aliphatic carboxylic acids is 1. The zero-order valence-electron chi connectivity index (χ0n) is 10.0. The molecule has 1 aromatic carbocycles. The van der Waals surface area contributed by atoms with Crippen molar-refractivity contribution in [2.24, 2.45) is 0 Å². The summed E-state index contributed by atoms with van der Waals surface area (Å²) in [6.07, 6.45) is 4.42. The first-order valence-electron chi connectivity index (χ1n) is 5.37. The Morgan fingerprint density at radius 3 is 2.65 bits per heavy atom. The van der Waals surface area contributed by atoms with Crippen molar-refractivity contribution in [2.45, 2.75) is 20.0 Å². The molecule has 1 N–H and O–H groups in total. The van der Waals surface area contributed by atoms with Gasteiger partial charge in [0.05, 0.1) is 6.10 Å². The van der Waals surface area contributed by atoms with Gasteiger partial charge in [-0.25, -0.2) is 4.79 Å². The molecular formula is C14H16O3. The highest BCUT2D eigenvalue weighted by molar-refractivity contribution is 5.86. The van der Waals surface area contributed by atoms with Crippen molar-refractivity contribution in [1.29, 1.82) is 0 Å². The van der Waals surface area contributed by atoms with E-state index < -0.39 is 5.97 Å². The maximum Gasteiger partial charge on any atom is 0.328 e. The van der Waals surface area contributed by atoms with Gasteiger partial charge in [0.25, 0.3) is 0 Å². The molecule has 0 spiro atoms. The van der Waals surface area contributed by atoms with E-state index in [2.05, 4.69) is 6.58 Å². The lowest BCUT2D eigenvalue weighted by atomic mass is 10.1. The van der Waals surface area contributed by atoms with Crippen LogP contribution >= 0.6 is 0 Å². The van der Waals surface area contributed by atoms with Crippen molar-refractivity contribution in [2.75, 3.05) is 0 Å². The molecule has 3 heteroatoms. The van der Waals surface area contributed by atoms with E-state index in [0.717, 1.165) is 23.0 Å². The average Bonchev–Trinajstić information content (AvgIpc) is 2.26. The van der Waals surface area contributed by atoms with Crippen molar-refractivity contribution in [3.8, 4) is 5.75 Å². The summed E-state index contributed by atoms with van der Waals surface area (Å²) in [6.45, 7) is 7.60. The van der Waals surface area contributed by atoms with Crippen molar-refractivity contribution < 1.29 is 14.6 Å². The molecular weight excluding hydrogens is 216 g/mol. The number of hydrogen-bond acceptors (Lipinski definition) is 2. The van der Waals surface area contributed by atoms with Crippen LogP contribution in [0.4, 0.5) is 0 Å². The van der Waals surface area contributed by atoms with Crippen LogP contribution in [0.15, 0.2) is 30.9 Å². The lowest BCUT2D eigenvalue weighted by Crippen LogP contribution is -2.05. The van der Waals surface area contributed by atoms with Crippen LogP contribution < -0.4 is 4.74 Å². The summed E-state index contributed by atoms with van der Waals surface area (Å²) in [7, 11) is 0. The van der Waals surface area contributed by atoms with Crippen LogP contribution in [0.5, 0.6) is 5.75 Å². The molecule has 0 saturated carbocycles. The van der Waals surface area contributed by atoms with E-state index in [1.165, 1.54) is 0 Å². The summed E-state index contributed by atoms with van der Waals surface area (Å²) in [4.78, 5) is 10.4. The standard InChI is InChI=1S/C14H16O3/c1-4-11-9-13(17-10(2)3)7-5-12(11)6-8-14(15)16/h4-10H,1H2,2-3H3,(H,15,16)/b8-6+. The van der Waals surface area contributed by atoms with E-state index >= 15 is 0 Å². The molecule has 0 fully saturated rings. The number of carboxylic acid groups (broad SMARTS) is 1. The van der Waals surface area contributed by atoms with Gasteiger partial charge in [-0.05, 0) is 43.2 Å². The molecule has 0 radical (unpaired) electrons. The number of carboxylic acids is 1. The molecule has 0 bridgehead atoms. The molecule has 3 nitrogen and oxygen atoms in total. The third-order valence-corrected chi connectivity index (χ3v) is 2.06. The summed E-state index contributed by atoms with van der Waals surface area (Å²) >= 11 is 0. The zero-order valence-corrected chi connectivity index (χ0v) is 10.0. The van der Waals surface area contributed by atoms with Crippen molar-refractivity contribution in [3.05, 3.63) is 42.0 Å². The van der Waals surface area contributed by atoms with Gasteiger partial charge < -0.3 is 9.84 Å². The van der Waals surface area contributed by atoms with Crippen LogP contribution in [0, 0.1) is 0 Å². The van der Waals surface area contributed by atoms with Gasteiger partial charge >= 0.3 is 5.97 Å². The largest absolute Gasteiger partial charge is 0.491 e. The smallest absolute Gasteiger partial charge is 0.328 e. The van der Waals surface area contributed by atoms with Gasteiger partial charge in [0.2, 0.25) is 0 Å². The Labute approximate surface area is 101 Å². The minimum Gasteiger partial charge on any atom is -0.491 e. The second-order valence-corrected chi connectivity index (χ2v) is 3.83. The highest BCUT2D eigenvalue weighted by Gasteiger charge is 2.02. The van der Waals surface area contributed by atoms with Gasteiger partial charge in [-0.3, -0.25) is 0 Å². The van der Waals surface area contributed by atoms with Gasteiger partial charge in [-0.15, -0.1) is 0 Å². The fourth-order valence-electron chi connectivity index (χ4n) is 1.39. The predicted molar refractivity (Wildman–Crippen MR) is 69.0 cm³/mol. The molecule has 0 aromatic heterocycles. The molecule has 90 valence electrons. The predicted octanol–water partition coefficient (Wildman–Crippen LogP) is 3.21. The molecule has 0 aliphatic rings. The fraction of sp³-hybridized carbons (Fsp3) is 0.214. The Bertz CT molecular complexity index is 445. The Kier molecular flexibility index (Phi) is 4.52. The van der Waals surface area contributed by atoms with Crippen LogP contribution in [-0.4, -0.2) is 17.2 Å². The second kappa shape index (κ2) is 5.89. The first-order chi connectivity index (χ1) is 8.02. The molecule has 1 rings (SSSR count). The van der Waals surface area contributed by atoms with Crippen molar-refractivity contribution in [1.82, 2.24) is 0 Å². The van der Waals surface area contributed by atoms with Gasteiger partial charge in [-0.1, -0.05) is 18.7 Å². The van der Waals surface area contributed by atoms with Crippen LogP contribution in [0.25, 0.3) is 12.2 Å². The van der Waals surface area contributed by atoms with Gasteiger partial charge in [0, 0.05) is 6.08 Å². The number of hydrogen-bond donors (Lipinski definition) is 1. The Balaban J connectivity index is 3.01. The molecule has 17 heavy (non-hydrogen) atoms. The van der Waals surface area contributed by atoms with Crippen LogP contribution in [0.2, 0.25) is 0 Å². The maximum absolute atomic E-state index is 10.4. The Morgan fingerprint density at radius 2 is 2.12 bits per heavy atom. The summed E-state index contributed by atoms with van der Waals surface area (Å²) in [5.74, 6) is -0.218. The number of benzene rings is 1. The summed E-state index contributed by atoms with van der Waals surface area (Å²) in [6, 6.07) is 5.47. The van der Waals surface area contributed by atoms with Crippen LogP contribution in [-0.2, 0) is 4.79 Å². The third-order valence-electron chi connectivity index (χ3n) is 2.06. The van der Waals surface area contributed by atoms with Gasteiger partial charge in [0.15, 0.2) is 0 Å². The molecule has 0 aliphatic heterocycles. The maximum atomic E-state index is 10.4. The van der Waals surface area contributed by atoms with E-state index in [0.29, 0.717) is 0 Å². The SMILES string of the molecule is C=Cc1cc(OC(C)C)ccc1/C=C/C(=O)O. The van der Waals surface area contributed by atoms with Crippen molar-refractivity contribution in [3.63, 3.8) is 0 Å².